The monoisotopic (exact) mass is 399 g/mol. The van der Waals surface area contributed by atoms with Crippen molar-refractivity contribution in [2.75, 3.05) is 13.7 Å². The smallest absolute Gasteiger partial charge is 0.305 e. The normalized spacial score (nSPS) is 10.8. The first-order chi connectivity index (χ1) is 13.5. The summed E-state index contributed by atoms with van der Waals surface area (Å²) in [6.07, 6.45) is 0.765. The first kappa shape index (κ1) is 20.0. The quantitative estimate of drug-likeness (QED) is 0.541. The lowest BCUT2D eigenvalue weighted by molar-refractivity contribution is -0.143. The maximum Gasteiger partial charge on any atom is 0.305 e. The van der Waals surface area contributed by atoms with Gasteiger partial charge in [0.2, 0.25) is 0 Å². The summed E-state index contributed by atoms with van der Waals surface area (Å²) in [7, 11) is 1.60. The number of hydrogen-bond acceptors (Lipinski definition) is 4. The molecular weight excluding hydrogens is 378 g/mol. The van der Waals surface area contributed by atoms with Gasteiger partial charge < -0.3 is 14.0 Å². The number of pyridine rings is 1. The summed E-state index contributed by atoms with van der Waals surface area (Å²) in [6, 6.07) is 14.7. The third-order valence-electron chi connectivity index (χ3n) is 4.53. The third kappa shape index (κ3) is 4.37. The SMILES string of the molecule is CCOC(=O)CCCn1c(=O)c(-c2ccc(OC)cc2)cc2ccc(Cl)cc21. The summed E-state index contributed by atoms with van der Waals surface area (Å²) in [6.45, 7) is 2.53. The summed E-state index contributed by atoms with van der Waals surface area (Å²) in [5, 5.41) is 1.47. The highest BCUT2D eigenvalue weighted by Crippen LogP contribution is 2.25. The Morgan fingerprint density at radius 3 is 2.54 bits per heavy atom. The van der Waals surface area contributed by atoms with Gasteiger partial charge in [0, 0.05) is 23.6 Å². The van der Waals surface area contributed by atoms with E-state index in [0.717, 1.165) is 22.2 Å². The Labute approximate surface area is 168 Å². The van der Waals surface area contributed by atoms with Crippen LogP contribution in [0.5, 0.6) is 5.75 Å². The Balaban J connectivity index is 2.03. The van der Waals surface area contributed by atoms with E-state index < -0.39 is 0 Å². The molecule has 0 unspecified atom stereocenters. The van der Waals surface area contributed by atoms with E-state index >= 15 is 0 Å². The maximum atomic E-state index is 13.2. The molecule has 0 saturated heterocycles. The first-order valence-electron chi connectivity index (χ1n) is 9.16. The lowest BCUT2D eigenvalue weighted by Gasteiger charge is -2.14. The van der Waals surface area contributed by atoms with Crippen LogP contribution in [0.1, 0.15) is 19.8 Å². The molecule has 0 radical (unpaired) electrons. The van der Waals surface area contributed by atoms with E-state index in [2.05, 4.69) is 0 Å². The van der Waals surface area contributed by atoms with Gasteiger partial charge in [-0.1, -0.05) is 29.8 Å². The molecule has 146 valence electrons. The highest BCUT2D eigenvalue weighted by molar-refractivity contribution is 6.31. The summed E-state index contributed by atoms with van der Waals surface area (Å²) >= 11 is 6.16. The van der Waals surface area contributed by atoms with Crippen LogP contribution in [0.25, 0.3) is 22.0 Å². The molecule has 0 spiro atoms. The number of aromatic nitrogens is 1. The first-order valence-corrected chi connectivity index (χ1v) is 9.54. The van der Waals surface area contributed by atoms with Crippen LogP contribution >= 0.6 is 11.6 Å². The van der Waals surface area contributed by atoms with Gasteiger partial charge in [-0.3, -0.25) is 9.59 Å². The number of nitrogens with zero attached hydrogens (tertiary/aromatic N) is 1. The van der Waals surface area contributed by atoms with Crippen molar-refractivity contribution in [3.8, 4) is 16.9 Å². The second-order valence-electron chi connectivity index (χ2n) is 6.36. The summed E-state index contributed by atoms with van der Waals surface area (Å²) < 4.78 is 11.8. The largest absolute Gasteiger partial charge is 0.497 e. The molecule has 0 N–H and O–H groups in total. The van der Waals surface area contributed by atoms with E-state index in [1.54, 1.807) is 30.7 Å². The summed E-state index contributed by atoms with van der Waals surface area (Å²) in [4.78, 5) is 24.9. The van der Waals surface area contributed by atoms with Crippen LogP contribution in [0.4, 0.5) is 0 Å². The van der Waals surface area contributed by atoms with Crippen molar-refractivity contribution in [2.45, 2.75) is 26.3 Å². The van der Waals surface area contributed by atoms with Crippen LogP contribution < -0.4 is 10.3 Å². The average molecular weight is 400 g/mol. The number of ether oxygens (including phenoxy) is 2. The molecule has 28 heavy (non-hydrogen) atoms. The number of fused-ring (bicyclic) bond motifs is 1. The number of rotatable bonds is 7. The van der Waals surface area contributed by atoms with Gasteiger partial charge in [0.25, 0.3) is 5.56 Å². The van der Waals surface area contributed by atoms with Crippen LogP contribution in [0.3, 0.4) is 0 Å². The molecule has 1 aromatic heterocycles. The fourth-order valence-corrected chi connectivity index (χ4v) is 3.33. The fraction of sp³-hybridized carbons (Fsp3) is 0.273. The van der Waals surface area contributed by atoms with Gasteiger partial charge in [-0.05, 0) is 54.6 Å². The number of carbonyl (C=O) groups is 1. The average Bonchev–Trinajstić information content (AvgIpc) is 2.70. The number of benzene rings is 2. The van der Waals surface area contributed by atoms with Gasteiger partial charge in [0.15, 0.2) is 0 Å². The number of hydrogen-bond donors (Lipinski definition) is 0. The van der Waals surface area contributed by atoms with Gasteiger partial charge in [0.05, 0.1) is 19.2 Å². The Kier molecular flexibility index (Phi) is 6.37. The third-order valence-corrected chi connectivity index (χ3v) is 4.76. The molecule has 0 aliphatic rings. The number of methoxy groups -OCH3 is 1. The van der Waals surface area contributed by atoms with Gasteiger partial charge in [0.1, 0.15) is 5.75 Å². The molecule has 0 bridgehead atoms. The van der Waals surface area contributed by atoms with E-state index in [9.17, 15) is 9.59 Å². The van der Waals surface area contributed by atoms with Gasteiger partial charge >= 0.3 is 5.97 Å². The van der Waals surface area contributed by atoms with Crippen LogP contribution in [-0.2, 0) is 16.1 Å². The minimum Gasteiger partial charge on any atom is -0.497 e. The lowest BCUT2D eigenvalue weighted by Crippen LogP contribution is -2.23. The second kappa shape index (κ2) is 8.93. The van der Waals surface area contributed by atoms with Crippen LogP contribution in [0.2, 0.25) is 5.02 Å². The Morgan fingerprint density at radius 1 is 1.11 bits per heavy atom. The number of esters is 1. The zero-order valence-corrected chi connectivity index (χ0v) is 16.7. The molecule has 5 nitrogen and oxygen atoms in total. The predicted molar refractivity (Wildman–Crippen MR) is 111 cm³/mol. The fourth-order valence-electron chi connectivity index (χ4n) is 3.16. The standard InChI is InChI=1S/C22H22ClNO4/c1-3-28-21(25)5-4-12-24-20-14-17(23)9-6-16(20)13-19(22(24)26)15-7-10-18(27-2)11-8-15/h6-11,13-14H,3-5,12H2,1-2H3. The molecule has 1 heterocycles. The Hall–Kier alpha value is -2.79. The molecule has 0 fully saturated rings. The van der Waals surface area contributed by atoms with E-state index in [1.807, 2.05) is 36.4 Å². The number of halogens is 1. The molecule has 3 aromatic rings. The minimum absolute atomic E-state index is 0.121. The number of carbonyl (C=O) groups excluding carboxylic acids is 1. The van der Waals surface area contributed by atoms with Crippen molar-refractivity contribution >= 4 is 28.5 Å². The molecule has 6 heteroatoms. The predicted octanol–water partition coefficient (Wildman–Crippen LogP) is 4.67. The van der Waals surface area contributed by atoms with Crippen molar-refractivity contribution in [2.24, 2.45) is 0 Å². The number of aryl methyl sites for hydroxylation is 1. The molecule has 2 aromatic carbocycles. The molecular formula is C22H22ClNO4. The van der Waals surface area contributed by atoms with Crippen LogP contribution in [0.15, 0.2) is 53.3 Å². The van der Waals surface area contributed by atoms with E-state index in [0.29, 0.717) is 30.2 Å². The molecule has 0 aliphatic carbocycles. The van der Waals surface area contributed by atoms with Crippen molar-refractivity contribution in [3.05, 3.63) is 63.9 Å². The summed E-state index contributed by atoms with van der Waals surface area (Å²) in [5.41, 5.74) is 2.03. The second-order valence-corrected chi connectivity index (χ2v) is 6.79. The van der Waals surface area contributed by atoms with Crippen molar-refractivity contribution in [1.82, 2.24) is 4.57 Å². The Morgan fingerprint density at radius 2 is 1.86 bits per heavy atom. The van der Waals surface area contributed by atoms with Crippen molar-refractivity contribution in [3.63, 3.8) is 0 Å². The van der Waals surface area contributed by atoms with Gasteiger partial charge in [-0.15, -0.1) is 0 Å². The molecule has 0 aliphatic heterocycles. The Bertz CT molecular complexity index is 1040. The zero-order valence-electron chi connectivity index (χ0n) is 15.9. The van der Waals surface area contributed by atoms with Crippen LogP contribution in [0, 0.1) is 0 Å². The molecule has 0 amide bonds. The molecule has 0 atom stereocenters. The van der Waals surface area contributed by atoms with E-state index in [-0.39, 0.29) is 17.9 Å². The van der Waals surface area contributed by atoms with E-state index in [4.69, 9.17) is 21.1 Å². The minimum atomic E-state index is -0.260. The van der Waals surface area contributed by atoms with Crippen molar-refractivity contribution < 1.29 is 14.3 Å². The van der Waals surface area contributed by atoms with Gasteiger partial charge in [-0.25, -0.2) is 0 Å². The topological polar surface area (TPSA) is 57.5 Å². The zero-order chi connectivity index (χ0) is 20.1. The molecule has 0 saturated carbocycles. The highest BCUT2D eigenvalue weighted by Gasteiger charge is 2.13. The van der Waals surface area contributed by atoms with Crippen molar-refractivity contribution in [1.29, 1.82) is 0 Å². The van der Waals surface area contributed by atoms with E-state index in [1.165, 1.54) is 0 Å². The highest BCUT2D eigenvalue weighted by atomic mass is 35.5. The van der Waals surface area contributed by atoms with Crippen LogP contribution in [-0.4, -0.2) is 24.3 Å². The summed E-state index contributed by atoms with van der Waals surface area (Å²) in [5.74, 6) is 0.468. The maximum absolute atomic E-state index is 13.2. The van der Waals surface area contributed by atoms with Gasteiger partial charge in [-0.2, -0.15) is 0 Å². The lowest BCUT2D eigenvalue weighted by atomic mass is 10.0. The molecule has 3 rings (SSSR count).